The van der Waals surface area contributed by atoms with Crippen LogP contribution in [0.15, 0.2) is 0 Å². The summed E-state index contributed by atoms with van der Waals surface area (Å²) in [6.45, 7) is 8.65. The van der Waals surface area contributed by atoms with Crippen molar-refractivity contribution in [3.05, 3.63) is 0 Å². The first-order valence-corrected chi connectivity index (χ1v) is 5.28. The molecule has 2 nitrogen and oxygen atoms in total. The highest BCUT2D eigenvalue weighted by molar-refractivity contribution is 5.05. The van der Waals surface area contributed by atoms with E-state index in [1.54, 1.807) is 0 Å². The van der Waals surface area contributed by atoms with Crippen molar-refractivity contribution in [2.75, 3.05) is 13.1 Å². The minimum atomic E-state index is -0.222. The predicted octanol–water partition coefficient (Wildman–Crippen LogP) is 2.41. The Bertz CT molecular complexity index is 199. The van der Waals surface area contributed by atoms with Gasteiger partial charge in [-0.3, -0.25) is 4.90 Å². The fourth-order valence-electron chi connectivity index (χ4n) is 1.88. The van der Waals surface area contributed by atoms with Crippen LogP contribution in [-0.2, 0) is 0 Å². The van der Waals surface area contributed by atoms with Crippen LogP contribution in [0.2, 0.25) is 0 Å². The molecule has 0 aromatic rings. The molecule has 1 saturated heterocycles. The van der Waals surface area contributed by atoms with Crippen LogP contribution in [0.5, 0.6) is 0 Å². The first kappa shape index (κ1) is 10.5. The Morgan fingerprint density at radius 3 is 2.38 bits per heavy atom. The van der Waals surface area contributed by atoms with Gasteiger partial charge in [-0.05, 0) is 45.2 Å². The molecular weight excluding hydrogens is 160 g/mol. The van der Waals surface area contributed by atoms with Crippen LogP contribution in [0, 0.1) is 17.2 Å². The van der Waals surface area contributed by atoms with E-state index in [9.17, 15) is 0 Å². The number of piperidine rings is 1. The standard InChI is InChI=1S/C11H20N2/c1-4-11(3,9-12)13-7-5-10(2)6-8-13/h10H,4-8H2,1-3H3. The second-order valence-electron chi connectivity index (χ2n) is 4.41. The van der Waals surface area contributed by atoms with Gasteiger partial charge in [0.25, 0.3) is 0 Å². The van der Waals surface area contributed by atoms with Crippen molar-refractivity contribution in [1.29, 1.82) is 5.26 Å². The molecule has 1 atom stereocenters. The molecule has 0 aliphatic carbocycles. The number of nitriles is 1. The molecule has 1 heterocycles. The topological polar surface area (TPSA) is 27.0 Å². The molecule has 1 unspecified atom stereocenters. The molecule has 74 valence electrons. The van der Waals surface area contributed by atoms with E-state index in [1.165, 1.54) is 12.8 Å². The maximum absolute atomic E-state index is 9.11. The summed E-state index contributed by atoms with van der Waals surface area (Å²) in [5.74, 6) is 0.844. The maximum Gasteiger partial charge on any atom is 0.106 e. The summed E-state index contributed by atoms with van der Waals surface area (Å²) >= 11 is 0. The van der Waals surface area contributed by atoms with Gasteiger partial charge in [0, 0.05) is 0 Å². The van der Waals surface area contributed by atoms with Crippen LogP contribution >= 0.6 is 0 Å². The zero-order valence-corrected chi connectivity index (χ0v) is 9.01. The van der Waals surface area contributed by atoms with E-state index in [-0.39, 0.29) is 5.54 Å². The molecule has 0 bridgehead atoms. The largest absolute Gasteiger partial charge is 0.286 e. The Kier molecular flexibility index (Phi) is 3.33. The van der Waals surface area contributed by atoms with Crippen LogP contribution < -0.4 is 0 Å². The van der Waals surface area contributed by atoms with E-state index in [0.717, 1.165) is 25.4 Å². The van der Waals surface area contributed by atoms with Crippen molar-refractivity contribution >= 4 is 0 Å². The van der Waals surface area contributed by atoms with E-state index >= 15 is 0 Å². The highest BCUT2D eigenvalue weighted by Gasteiger charge is 2.31. The van der Waals surface area contributed by atoms with Crippen molar-refractivity contribution in [3.8, 4) is 6.07 Å². The second-order valence-corrected chi connectivity index (χ2v) is 4.41. The molecule has 0 spiro atoms. The lowest BCUT2D eigenvalue weighted by molar-refractivity contribution is 0.101. The van der Waals surface area contributed by atoms with Crippen LogP contribution in [0.1, 0.15) is 40.0 Å². The molecule has 0 aromatic heterocycles. The third-order valence-corrected chi connectivity index (χ3v) is 3.41. The van der Waals surface area contributed by atoms with E-state index in [2.05, 4.69) is 31.7 Å². The number of rotatable bonds is 2. The number of hydrogen-bond acceptors (Lipinski definition) is 2. The fraction of sp³-hybridized carbons (Fsp3) is 0.909. The second kappa shape index (κ2) is 4.11. The Morgan fingerprint density at radius 2 is 2.00 bits per heavy atom. The van der Waals surface area contributed by atoms with Gasteiger partial charge in [0.2, 0.25) is 0 Å². The Labute approximate surface area is 81.5 Å². The van der Waals surface area contributed by atoms with Gasteiger partial charge >= 0.3 is 0 Å². The van der Waals surface area contributed by atoms with Crippen molar-refractivity contribution in [1.82, 2.24) is 4.90 Å². The van der Waals surface area contributed by atoms with Crippen LogP contribution in [-0.4, -0.2) is 23.5 Å². The average Bonchev–Trinajstić information content (AvgIpc) is 2.18. The third kappa shape index (κ3) is 2.22. The summed E-state index contributed by atoms with van der Waals surface area (Å²) in [5.41, 5.74) is -0.222. The minimum absolute atomic E-state index is 0.222. The Balaban J connectivity index is 2.57. The Hall–Kier alpha value is -0.550. The molecule has 0 radical (unpaired) electrons. The number of hydrogen-bond donors (Lipinski definition) is 0. The van der Waals surface area contributed by atoms with E-state index in [0.29, 0.717) is 0 Å². The molecule has 0 N–H and O–H groups in total. The maximum atomic E-state index is 9.11. The summed E-state index contributed by atoms with van der Waals surface area (Å²) in [5, 5.41) is 9.11. The fourth-order valence-corrected chi connectivity index (χ4v) is 1.88. The molecule has 0 saturated carbocycles. The molecule has 0 aromatic carbocycles. The van der Waals surface area contributed by atoms with Gasteiger partial charge < -0.3 is 0 Å². The summed E-state index contributed by atoms with van der Waals surface area (Å²) in [4.78, 5) is 2.34. The third-order valence-electron chi connectivity index (χ3n) is 3.41. The van der Waals surface area contributed by atoms with E-state index in [1.807, 2.05) is 0 Å². The normalized spacial score (nSPS) is 25.1. The van der Waals surface area contributed by atoms with Crippen LogP contribution in [0.4, 0.5) is 0 Å². The molecular formula is C11H20N2. The molecule has 2 heteroatoms. The van der Waals surface area contributed by atoms with Gasteiger partial charge in [-0.2, -0.15) is 5.26 Å². The van der Waals surface area contributed by atoms with Crippen LogP contribution in [0.25, 0.3) is 0 Å². The predicted molar refractivity (Wildman–Crippen MR) is 54.3 cm³/mol. The molecule has 1 aliphatic heterocycles. The van der Waals surface area contributed by atoms with Crippen LogP contribution in [0.3, 0.4) is 0 Å². The van der Waals surface area contributed by atoms with Gasteiger partial charge in [0.05, 0.1) is 6.07 Å². The summed E-state index contributed by atoms with van der Waals surface area (Å²) in [7, 11) is 0. The minimum Gasteiger partial charge on any atom is -0.286 e. The quantitative estimate of drug-likeness (QED) is 0.652. The van der Waals surface area contributed by atoms with E-state index < -0.39 is 0 Å². The van der Waals surface area contributed by atoms with Gasteiger partial charge in [-0.1, -0.05) is 13.8 Å². The first-order valence-electron chi connectivity index (χ1n) is 5.28. The molecule has 0 amide bonds. The molecule has 1 fully saturated rings. The SMILES string of the molecule is CCC(C)(C#N)N1CCC(C)CC1. The molecule has 13 heavy (non-hydrogen) atoms. The average molecular weight is 180 g/mol. The monoisotopic (exact) mass is 180 g/mol. The highest BCUT2D eigenvalue weighted by Crippen LogP contribution is 2.25. The zero-order valence-electron chi connectivity index (χ0n) is 9.01. The van der Waals surface area contributed by atoms with E-state index in [4.69, 9.17) is 5.26 Å². The molecule has 1 rings (SSSR count). The van der Waals surface area contributed by atoms with Crippen molar-refractivity contribution in [3.63, 3.8) is 0 Å². The van der Waals surface area contributed by atoms with Gasteiger partial charge in [0.15, 0.2) is 0 Å². The molecule has 1 aliphatic rings. The highest BCUT2D eigenvalue weighted by atomic mass is 15.2. The number of nitrogens with zero attached hydrogens (tertiary/aromatic N) is 2. The van der Waals surface area contributed by atoms with Gasteiger partial charge in [-0.15, -0.1) is 0 Å². The lowest BCUT2D eigenvalue weighted by Crippen LogP contribution is -2.48. The summed E-state index contributed by atoms with van der Waals surface area (Å²) in [6.07, 6.45) is 3.42. The van der Waals surface area contributed by atoms with Gasteiger partial charge in [-0.25, -0.2) is 0 Å². The first-order chi connectivity index (χ1) is 6.12. The lowest BCUT2D eigenvalue weighted by atomic mass is 9.91. The van der Waals surface area contributed by atoms with Crippen molar-refractivity contribution in [2.45, 2.75) is 45.6 Å². The van der Waals surface area contributed by atoms with Gasteiger partial charge in [0.1, 0.15) is 5.54 Å². The summed E-state index contributed by atoms with van der Waals surface area (Å²) in [6, 6.07) is 2.44. The zero-order chi connectivity index (χ0) is 9.90. The summed E-state index contributed by atoms with van der Waals surface area (Å²) < 4.78 is 0. The van der Waals surface area contributed by atoms with Crippen molar-refractivity contribution in [2.24, 2.45) is 5.92 Å². The van der Waals surface area contributed by atoms with Crippen molar-refractivity contribution < 1.29 is 0 Å². The number of likely N-dealkylation sites (tertiary alicyclic amines) is 1. The lowest BCUT2D eigenvalue weighted by Gasteiger charge is -2.39. The Morgan fingerprint density at radius 1 is 1.46 bits per heavy atom. The smallest absolute Gasteiger partial charge is 0.106 e.